The van der Waals surface area contributed by atoms with E-state index in [2.05, 4.69) is 25.9 Å². The molecule has 9 heteroatoms. The summed E-state index contributed by atoms with van der Waals surface area (Å²) in [5.74, 6) is 1.06. The lowest BCUT2D eigenvalue weighted by Crippen LogP contribution is -2.32. The van der Waals surface area contributed by atoms with Gasteiger partial charge in [0.1, 0.15) is 17.4 Å². The molecule has 1 aromatic carbocycles. The standard InChI is InChI=1S/C19H21FN6O2/c1-13-11-14(2)26(25-13)18-8-7-17(23-24-18)21-9-10-22-19(27)12-28-16-5-3-15(20)4-6-16/h3-8,11H,9-10,12H2,1-2H3,(H,21,23)(H,22,27). The van der Waals surface area contributed by atoms with Gasteiger partial charge in [-0.25, -0.2) is 9.07 Å². The maximum atomic E-state index is 12.8. The topological polar surface area (TPSA) is 94.0 Å². The highest BCUT2D eigenvalue weighted by molar-refractivity contribution is 5.77. The Morgan fingerprint density at radius 3 is 2.54 bits per heavy atom. The van der Waals surface area contributed by atoms with Crippen LogP contribution in [0.5, 0.6) is 5.75 Å². The van der Waals surface area contributed by atoms with Crippen LogP contribution < -0.4 is 15.4 Å². The first-order valence-corrected chi connectivity index (χ1v) is 8.77. The van der Waals surface area contributed by atoms with Gasteiger partial charge in [-0.2, -0.15) is 5.10 Å². The first-order chi connectivity index (χ1) is 13.5. The summed E-state index contributed by atoms with van der Waals surface area (Å²) in [6.45, 7) is 4.62. The van der Waals surface area contributed by atoms with E-state index >= 15 is 0 Å². The Hall–Kier alpha value is -3.49. The second kappa shape index (κ2) is 8.94. The summed E-state index contributed by atoms with van der Waals surface area (Å²) in [4.78, 5) is 11.8. The van der Waals surface area contributed by atoms with E-state index in [1.54, 1.807) is 10.7 Å². The predicted octanol–water partition coefficient (Wildman–Crippen LogP) is 2.03. The molecule has 2 heterocycles. The van der Waals surface area contributed by atoms with E-state index < -0.39 is 0 Å². The number of nitrogens with one attached hydrogen (secondary N) is 2. The van der Waals surface area contributed by atoms with E-state index in [0.29, 0.717) is 30.5 Å². The first kappa shape index (κ1) is 19.3. The lowest BCUT2D eigenvalue weighted by atomic mass is 10.3. The Bertz CT molecular complexity index is 925. The summed E-state index contributed by atoms with van der Waals surface area (Å²) < 4.78 is 19.8. The molecule has 0 saturated heterocycles. The van der Waals surface area contributed by atoms with Crippen LogP contribution in [0.4, 0.5) is 10.2 Å². The smallest absolute Gasteiger partial charge is 0.258 e. The number of carbonyl (C=O) groups excluding carboxylic acids is 1. The number of rotatable bonds is 8. The van der Waals surface area contributed by atoms with Crippen LogP contribution >= 0.6 is 0 Å². The van der Waals surface area contributed by atoms with Crippen molar-refractivity contribution in [2.45, 2.75) is 13.8 Å². The Morgan fingerprint density at radius 2 is 1.89 bits per heavy atom. The molecule has 146 valence electrons. The van der Waals surface area contributed by atoms with Crippen molar-refractivity contribution in [2.24, 2.45) is 0 Å². The molecule has 0 fully saturated rings. The van der Waals surface area contributed by atoms with Gasteiger partial charge < -0.3 is 15.4 Å². The van der Waals surface area contributed by atoms with Gasteiger partial charge >= 0.3 is 0 Å². The van der Waals surface area contributed by atoms with Crippen LogP contribution in [0.3, 0.4) is 0 Å². The average Bonchev–Trinajstić information content (AvgIpc) is 3.03. The van der Waals surface area contributed by atoms with E-state index in [4.69, 9.17) is 4.74 Å². The number of amides is 1. The molecule has 0 unspecified atom stereocenters. The summed E-state index contributed by atoms with van der Waals surface area (Å²) in [6.07, 6.45) is 0. The van der Waals surface area contributed by atoms with Crippen molar-refractivity contribution in [2.75, 3.05) is 25.0 Å². The lowest BCUT2D eigenvalue weighted by molar-refractivity contribution is -0.123. The maximum Gasteiger partial charge on any atom is 0.258 e. The number of hydrogen-bond acceptors (Lipinski definition) is 6. The number of halogens is 1. The number of aromatic nitrogens is 4. The van der Waals surface area contributed by atoms with E-state index in [0.717, 1.165) is 11.4 Å². The van der Waals surface area contributed by atoms with E-state index in [1.807, 2.05) is 26.0 Å². The number of anilines is 1. The first-order valence-electron chi connectivity index (χ1n) is 8.77. The minimum Gasteiger partial charge on any atom is -0.484 e. The maximum absolute atomic E-state index is 12.8. The molecule has 0 saturated carbocycles. The zero-order chi connectivity index (χ0) is 19.9. The molecule has 1 amide bonds. The quantitative estimate of drug-likeness (QED) is 0.577. The van der Waals surface area contributed by atoms with Crippen molar-refractivity contribution in [1.82, 2.24) is 25.3 Å². The Kier molecular flexibility index (Phi) is 6.15. The van der Waals surface area contributed by atoms with Crippen LogP contribution in [0.25, 0.3) is 5.82 Å². The second-order valence-corrected chi connectivity index (χ2v) is 6.14. The fraction of sp³-hybridized carbons (Fsp3) is 0.263. The molecule has 2 N–H and O–H groups in total. The number of hydrogen-bond donors (Lipinski definition) is 2. The van der Waals surface area contributed by atoms with Crippen molar-refractivity contribution in [3.8, 4) is 11.6 Å². The third-order valence-electron chi connectivity index (χ3n) is 3.81. The van der Waals surface area contributed by atoms with Crippen molar-refractivity contribution < 1.29 is 13.9 Å². The molecular formula is C19H21FN6O2. The van der Waals surface area contributed by atoms with Crippen LogP contribution in [0.15, 0.2) is 42.5 Å². The molecule has 3 aromatic rings. The number of benzene rings is 1. The molecular weight excluding hydrogens is 363 g/mol. The number of carbonyl (C=O) groups is 1. The molecule has 0 bridgehead atoms. The Morgan fingerprint density at radius 1 is 1.11 bits per heavy atom. The average molecular weight is 384 g/mol. The van der Waals surface area contributed by atoms with Crippen molar-refractivity contribution in [1.29, 1.82) is 0 Å². The van der Waals surface area contributed by atoms with Crippen LogP contribution in [-0.2, 0) is 4.79 Å². The molecule has 0 atom stereocenters. The third kappa shape index (κ3) is 5.26. The van der Waals surface area contributed by atoms with Gasteiger partial charge in [-0.15, -0.1) is 10.2 Å². The van der Waals surface area contributed by atoms with E-state index in [9.17, 15) is 9.18 Å². The van der Waals surface area contributed by atoms with E-state index in [-0.39, 0.29) is 18.3 Å². The number of nitrogens with zero attached hydrogens (tertiary/aromatic N) is 4. The van der Waals surface area contributed by atoms with Gasteiger partial charge in [0.25, 0.3) is 5.91 Å². The minimum absolute atomic E-state index is 0.136. The third-order valence-corrected chi connectivity index (χ3v) is 3.81. The summed E-state index contributed by atoms with van der Waals surface area (Å²) in [7, 11) is 0. The molecule has 28 heavy (non-hydrogen) atoms. The summed E-state index contributed by atoms with van der Waals surface area (Å²) >= 11 is 0. The van der Waals surface area contributed by atoms with Gasteiger partial charge in [0.15, 0.2) is 12.4 Å². The zero-order valence-electron chi connectivity index (χ0n) is 15.6. The van der Waals surface area contributed by atoms with Crippen molar-refractivity contribution >= 4 is 11.7 Å². The highest BCUT2D eigenvalue weighted by Gasteiger charge is 2.06. The second-order valence-electron chi connectivity index (χ2n) is 6.14. The van der Waals surface area contributed by atoms with Gasteiger partial charge in [-0.05, 0) is 56.3 Å². The molecule has 0 aliphatic rings. The molecule has 8 nitrogen and oxygen atoms in total. The molecule has 0 aliphatic heterocycles. The zero-order valence-corrected chi connectivity index (χ0v) is 15.6. The van der Waals surface area contributed by atoms with Crippen LogP contribution in [0, 0.1) is 19.7 Å². The number of ether oxygens (including phenoxy) is 1. The molecule has 0 aliphatic carbocycles. The molecule has 0 radical (unpaired) electrons. The van der Waals surface area contributed by atoms with Crippen LogP contribution in [0.1, 0.15) is 11.4 Å². The van der Waals surface area contributed by atoms with Crippen LogP contribution in [0.2, 0.25) is 0 Å². The number of aryl methyl sites for hydroxylation is 2. The minimum atomic E-state index is -0.353. The van der Waals surface area contributed by atoms with Gasteiger partial charge in [-0.3, -0.25) is 4.79 Å². The van der Waals surface area contributed by atoms with Crippen LogP contribution in [-0.4, -0.2) is 45.6 Å². The lowest BCUT2D eigenvalue weighted by Gasteiger charge is -2.09. The fourth-order valence-corrected chi connectivity index (χ4v) is 2.52. The highest BCUT2D eigenvalue weighted by atomic mass is 19.1. The summed E-state index contributed by atoms with van der Waals surface area (Å²) in [5, 5.41) is 18.4. The fourth-order valence-electron chi connectivity index (χ4n) is 2.52. The molecule has 0 spiro atoms. The molecule has 3 rings (SSSR count). The van der Waals surface area contributed by atoms with Gasteiger partial charge in [0.2, 0.25) is 0 Å². The Labute approximate surface area is 161 Å². The van der Waals surface area contributed by atoms with Gasteiger partial charge in [0, 0.05) is 18.8 Å². The Balaban J connectivity index is 1.38. The monoisotopic (exact) mass is 384 g/mol. The van der Waals surface area contributed by atoms with Gasteiger partial charge in [0.05, 0.1) is 5.69 Å². The van der Waals surface area contributed by atoms with Crippen molar-refractivity contribution in [3.63, 3.8) is 0 Å². The highest BCUT2D eigenvalue weighted by Crippen LogP contribution is 2.11. The largest absolute Gasteiger partial charge is 0.484 e. The summed E-state index contributed by atoms with van der Waals surface area (Å²) in [5.41, 5.74) is 1.90. The molecule has 2 aromatic heterocycles. The predicted molar refractivity (Wildman–Crippen MR) is 102 cm³/mol. The normalized spacial score (nSPS) is 10.5. The van der Waals surface area contributed by atoms with Gasteiger partial charge in [-0.1, -0.05) is 0 Å². The SMILES string of the molecule is Cc1cc(C)n(-c2ccc(NCCNC(=O)COc3ccc(F)cc3)nn2)n1. The van der Waals surface area contributed by atoms with E-state index in [1.165, 1.54) is 24.3 Å². The summed E-state index contributed by atoms with van der Waals surface area (Å²) in [6, 6.07) is 11.1. The van der Waals surface area contributed by atoms with Crippen molar-refractivity contribution in [3.05, 3.63) is 59.7 Å².